The van der Waals surface area contributed by atoms with E-state index in [1.165, 1.54) is 12.7 Å². The molecule has 4 aliphatic rings. The SMILES string of the molecule is C/C=C(\C)[C@@H](O)C(=O)O[C@@H]1C[C@H](C(C)(C)O)[C@](C)(CCC(=O)OC)[C@H]2[C@H](OC(=O)[C@H](O)C(C)C)C[C@]3(C)C(=CC[C@H]3[C@H]3CO[C@H](C=C(C)C)C3)[C@@]21C. The summed E-state index contributed by atoms with van der Waals surface area (Å²) in [5, 5.41) is 33.9. The number of hydrogen-bond acceptors (Lipinski definition) is 10. The second kappa shape index (κ2) is 15.7. The zero-order valence-corrected chi connectivity index (χ0v) is 33.7. The molecule has 10 nitrogen and oxygen atoms in total. The van der Waals surface area contributed by atoms with Gasteiger partial charge in [-0.05, 0) is 114 Å². The van der Waals surface area contributed by atoms with E-state index in [0.717, 1.165) is 18.4 Å². The molecule has 0 aromatic heterocycles. The van der Waals surface area contributed by atoms with Crippen LogP contribution in [0.25, 0.3) is 0 Å². The molecule has 4 rings (SSSR count). The Bertz CT molecular complexity index is 1430. The van der Waals surface area contributed by atoms with Gasteiger partial charge in [-0.15, -0.1) is 0 Å². The fourth-order valence-electron chi connectivity index (χ4n) is 10.9. The normalized spacial score (nSPS) is 37.3. The van der Waals surface area contributed by atoms with Crippen molar-refractivity contribution >= 4 is 17.9 Å². The van der Waals surface area contributed by atoms with Gasteiger partial charge < -0.3 is 34.3 Å². The minimum Gasteiger partial charge on any atom is -0.469 e. The highest BCUT2D eigenvalue weighted by molar-refractivity contribution is 5.78. The summed E-state index contributed by atoms with van der Waals surface area (Å²) >= 11 is 0. The Morgan fingerprint density at radius 2 is 1.71 bits per heavy atom. The Morgan fingerprint density at radius 3 is 2.27 bits per heavy atom. The lowest BCUT2D eigenvalue weighted by molar-refractivity contribution is -0.241. The minimum absolute atomic E-state index is 0.0123. The van der Waals surface area contributed by atoms with Crippen molar-refractivity contribution in [3.05, 3.63) is 34.9 Å². The Hall–Kier alpha value is -2.53. The van der Waals surface area contributed by atoms with Crippen molar-refractivity contribution in [3.63, 3.8) is 0 Å². The van der Waals surface area contributed by atoms with Crippen molar-refractivity contribution in [1.29, 1.82) is 0 Å². The number of methoxy groups -OCH3 is 1. The van der Waals surface area contributed by atoms with E-state index in [0.29, 0.717) is 25.0 Å². The van der Waals surface area contributed by atoms with E-state index in [-0.39, 0.29) is 36.7 Å². The monoisotopic (exact) mass is 730 g/mol. The lowest BCUT2D eigenvalue weighted by Crippen LogP contribution is -2.68. The molecule has 1 heterocycles. The molecule has 0 spiro atoms. The van der Waals surface area contributed by atoms with Crippen molar-refractivity contribution in [3.8, 4) is 0 Å². The van der Waals surface area contributed by atoms with Gasteiger partial charge >= 0.3 is 17.9 Å². The molecule has 0 amide bonds. The van der Waals surface area contributed by atoms with Crippen LogP contribution in [0.2, 0.25) is 0 Å². The van der Waals surface area contributed by atoms with Crippen molar-refractivity contribution in [2.24, 2.45) is 45.8 Å². The van der Waals surface area contributed by atoms with Crippen LogP contribution in [0.3, 0.4) is 0 Å². The number of fused-ring (bicyclic) bond motifs is 3. The average Bonchev–Trinajstić information content (AvgIpc) is 3.66. The molecule has 294 valence electrons. The standard InChI is InChI=1S/C42H66O10/c1-13-25(6)35(45)38(47)52-32-20-31(39(7,8)48)40(9,17-16-33(43)49-12)36-29(51-37(46)34(44)24(4)5)21-41(10)28(14-15-30(41)42(32,36)11)26-19-27(50-22-26)18-23(2)3/h13,15,18,24,26-29,31-32,34-36,44-45,48H,14,16-17,19-22H2,1-12H3/b25-13+/t26-,27-,28+,29-,31-,32-,34-,35-,36-,40+,41+,42-/m1/s1. The molecule has 0 aromatic carbocycles. The predicted octanol–water partition coefficient (Wildman–Crippen LogP) is 6.25. The number of hydrogen-bond donors (Lipinski definition) is 3. The Kier molecular flexibility index (Phi) is 12.7. The quantitative estimate of drug-likeness (QED) is 0.120. The lowest BCUT2D eigenvalue weighted by Gasteiger charge is -2.67. The third kappa shape index (κ3) is 7.82. The molecule has 0 aromatic rings. The van der Waals surface area contributed by atoms with E-state index < -0.39 is 76.0 Å². The highest BCUT2D eigenvalue weighted by atomic mass is 16.6. The summed E-state index contributed by atoms with van der Waals surface area (Å²) in [5.41, 5.74) is -0.873. The largest absolute Gasteiger partial charge is 0.469 e. The smallest absolute Gasteiger partial charge is 0.339 e. The first-order valence-corrected chi connectivity index (χ1v) is 19.2. The highest BCUT2D eigenvalue weighted by Gasteiger charge is 2.71. The predicted molar refractivity (Wildman–Crippen MR) is 198 cm³/mol. The van der Waals surface area contributed by atoms with Crippen LogP contribution in [0.15, 0.2) is 34.9 Å². The van der Waals surface area contributed by atoms with Crippen molar-refractivity contribution < 1.29 is 48.7 Å². The van der Waals surface area contributed by atoms with Gasteiger partial charge in [0, 0.05) is 17.8 Å². The first-order valence-electron chi connectivity index (χ1n) is 19.2. The Labute approximate surface area is 311 Å². The van der Waals surface area contributed by atoms with E-state index in [4.69, 9.17) is 18.9 Å². The maximum atomic E-state index is 13.8. The molecule has 0 bridgehead atoms. The van der Waals surface area contributed by atoms with E-state index in [1.807, 2.05) is 6.92 Å². The number of ether oxygens (including phenoxy) is 4. The van der Waals surface area contributed by atoms with Crippen LogP contribution in [0.5, 0.6) is 0 Å². The Balaban J connectivity index is 1.95. The summed E-state index contributed by atoms with van der Waals surface area (Å²) in [5.74, 6) is -3.04. The average molecular weight is 731 g/mol. The summed E-state index contributed by atoms with van der Waals surface area (Å²) in [6, 6.07) is 0. The first-order chi connectivity index (χ1) is 24.1. The number of rotatable bonds is 12. The minimum atomic E-state index is -1.47. The zero-order valence-electron chi connectivity index (χ0n) is 33.7. The molecular formula is C42H66O10. The maximum Gasteiger partial charge on any atom is 0.339 e. The number of aliphatic hydroxyl groups excluding tert-OH is 2. The highest BCUT2D eigenvalue weighted by Crippen LogP contribution is 2.72. The zero-order chi connectivity index (χ0) is 39.1. The molecule has 3 N–H and O–H groups in total. The van der Waals surface area contributed by atoms with Crippen LogP contribution in [0.4, 0.5) is 0 Å². The summed E-state index contributed by atoms with van der Waals surface area (Å²) in [7, 11) is 1.35. The van der Waals surface area contributed by atoms with E-state index in [2.05, 4.69) is 39.8 Å². The number of allylic oxidation sites excluding steroid dienone is 3. The molecule has 12 atom stereocenters. The van der Waals surface area contributed by atoms with Gasteiger partial charge in [-0.1, -0.05) is 64.0 Å². The number of carbonyl (C=O) groups excluding carboxylic acids is 3. The van der Waals surface area contributed by atoms with Crippen LogP contribution in [0.1, 0.15) is 115 Å². The second-order valence-electron chi connectivity index (χ2n) is 18.0. The molecule has 3 aliphatic carbocycles. The second-order valence-corrected chi connectivity index (χ2v) is 18.0. The molecule has 1 saturated heterocycles. The lowest BCUT2D eigenvalue weighted by atomic mass is 9.39. The molecular weight excluding hydrogens is 664 g/mol. The van der Waals surface area contributed by atoms with Crippen LogP contribution in [-0.2, 0) is 33.3 Å². The van der Waals surface area contributed by atoms with E-state index >= 15 is 0 Å². The number of aliphatic hydroxyl groups is 3. The fourth-order valence-corrected chi connectivity index (χ4v) is 10.9. The topological polar surface area (TPSA) is 149 Å². The van der Waals surface area contributed by atoms with Crippen molar-refractivity contribution in [1.82, 2.24) is 0 Å². The van der Waals surface area contributed by atoms with Crippen LogP contribution >= 0.6 is 0 Å². The molecule has 10 heteroatoms. The van der Waals surface area contributed by atoms with Crippen LogP contribution < -0.4 is 0 Å². The molecule has 2 saturated carbocycles. The van der Waals surface area contributed by atoms with Gasteiger partial charge in [-0.2, -0.15) is 0 Å². The van der Waals surface area contributed by atoms with Gasteiger partial charge in [0.2, 0.25) is 0 Å². The fraction of sp³-hybridized carbons (Fsp3) is 0.786. The van der Waals surface area contributed by atoms with Crippen LogP contribution in [-0.4, -0.2) is 83.1 Å². The van der Waals surface area contributed by atoms with Crippen molar-refractivity contribution in [2.45, 2.75) is 151 Å². The third-order valence-corrected chi connectivity index (χ3v) is 13.5. The van der Waals surface area contributed by atoms with Crippen LogP contribution in [0, 0.1) is 45.8 Å². The molecule has 0 radical (unpaired) electrons. The van der Waals surface area contributed by atoms with Gasteiger partial charge in [-0.3, -0.25) is 4.79 Å². The van der Waals surface area contributed by atoms with Gasteiger partial charge in [0.25, 0.3) is 0 Å². The summed E-state index contributed by atoms with van der Waals surface area (Å²) < 4.78 is 24.3. The maximum absolute atomic E-state index is 13.8. The first kappa shape index (κ1) is 42.2. The molecule has 52 heavy (non-hydrogen) atoms. The summed E-state index contributed by atoms with van der Waals surface area (Å²) in [4.78, 5) is 40.4. The molecule has 1 aliphatic heterocycles. The summed E-state index contributed by atoms with van der Waals surface area (Å²) in [6.45, 7) is 21.4. The van der Waals surface area contributed by atoms with Gasteiger partial charge in [0.05, 0.1) is 25.4 Å². The van der Waals surface area contributed by atoms with Gasteiger partial charge in [-0.25, -0.2) is 9.59 Å². The third-order valence-electron chi connectivity index (χ3n) is 13.5. The van der Waals surface area contributed by atoms with E-state index in [1.54, 1.807) is 47.6 Å². The molecule has 0 unspecified atom stereocenters. The Morgan fingerprint density at radius 1 is 1.06 bits per heavy atom. The molecule has 3 fully saturated rings. The van der Waals surface area contributed by atoms with E-state index in [9.17, 15) is 29.7 Å². The number of carbonyl (C=O) groups is 3. The van der Waals surface area contributed by atoms with Gasteiger partial charge in [0.1, 0.15) is 12.2 Å². The van der Waals surface area contributed by atoms with Gasteiger partial charge in [0.15, 0.2) is 12.2 Å². The van der Waals surface area contributed by atoms with Crippen molar-refractivity contribution in [2.75, 3.05) is 13.7 Å². The summed E-state index contributed by atoms with van der Waals surface area (Å²) in [6.07, 6.45) is 4.37. The number of esters is 3.